The van der Waals surface area contributed by atoms with Crippen molar-refractivity contribution in [2.24, 2.45) is 0 Å². The molecule has 0 unspecified atom stereocenters. The van der Waals surface area contributed by atoms with Crippen LogP contribution >= 0.6 is 0 Å². The smallest absolute Gasteiger partial charge is 0.125 e. The summed E-state index contributed by atoms with van der Waals surface area (Å²) in [7, 11) is 0. The molecule has 1 aliphatic heterocycles. The third-order valence-electron chi connectivity index (χ3n) is 1.90. The van der Waals surface area contributed by atoms with Gasteiger partial charge in [0.25, 0.3) is 0 Å². The van der Waals surface area contributed by atoms with Crippen LogP contribution in [0, 0.1) is 6.92 Å². The Balaban J connectivity index is -0.000000195. The zero-order valence-electron chi connectivity index (χ0n) is 14.2. The van der Waals surface area contributed by atoms with E-state index in [2.05, 4.69) is 15.3 Å². The van der Waals surface area contributed by atoms with Crippen molar-refractivity contribution >= 4 is 0 Å². The van der Waals surface area contributed by atoms with Crippen molar-refractivity contribution in [3.8, 4) is 0 Å². The second kappa shape index (κ2) is 25.8. The van der Waals surface area contributed by atoms with E-state index in [9.17, 15) is 0 Å². The van der Waals surface area contributed by atoms with E-state index in [1.165, 1.54) is 32.4 Å². The summed E-state index contributed by atoms with van der Waals surface area (Å²) in [6.45, 7) is 16.4. The van der Waals surface area contributed by atoms with Gasteiger partial charge in [-0.2, -0.15) is 0 Å². The molecule has 2 heterocycles. The molecule has 0 aromatic carbocycles. The SMILES string of the molecule is C1CCNCC1.CC.CC.CC.Cc1ncccn1. The van der Waals surface area contributed by atoms with Gasteiger partial charge in [0.2, 0.25) is 0 Å². The summed E-state index contributed by atoms with van der Waals surface area (Å²) in [5.41, 5.74) is 0. The lowest BCUT2D eigenvalue weighted by molar-refractivity contribution is 0.520. The molecule has 0 saturated carbocycles. The molecular formula is C16H35N3. The first kappa shape index (κ1) is 23.2. The number of hydrogen-bond donors (Lipinski definition) is 1. The molecule has 0 amide bonds. The lowest BCUT2D eigenvalue weighted by Gasteiger charge is -2.08. The van der Waals surface area contributed by atoms with Gasteiger partial charge in [0.15, 0.2) is 0 Å². The summed E-state index contributed by atoms with van der Waals surface area (Å²) in [5.74, 6) is 0.822. The second-order valence-corrected chi connectivity index (χ2v) is 3.11. The highest BCUT2D eigenvalue weighted by molar-refractivity contribution is 4.83. The molecule has 1 N–H and O–H groups in total. The first-order valence-corrected chi connectivity index (χ1v) is 7.84. The summed E-state index contributed by atoms with van der Waals surface area (Å²) < 4.78 is 0. The zero-order valence-corrected chi connectivity index (χ0v) is 14.2. The maximum absolute atomic E-state index is 3.87. The monoisotopic (exact) mass is 269 g/mol. The van der Waals surface area contributed by atoms with Crippen LogP contribution in [-0.2, 0) is 0 Å². The van der Waals surface area contributed by atoms with E-state index >= 15 is 0 Å². The van der Waals surface area contributed by atoms with Gasteiger partial charge in [0.1, 0.15) is 5.82 Å². The first-order chi connectivity index (χ1) is 9.39. The van der Waals surface area contributed by atoms with Gasteiger partial charge < -0.3 is 5.32 Å². The van der Waals surface area contributed by atoms with Gasteiger partial charge in [-0.05, 0) is 38.9 Å². The molecule has 0 bridgehead atoms. The minimum atomic E-state index is 0.822. The molecule has 0 aliphatic carbocycles. The fourth-order valence-corrected chi connectivity index (χ4v) is 1.18. The Labute approximate surface area is 121 Å². The molecule has 1 aromatic heterocycles. The summed E-state index contributed by atoms with van der Waals surface area (Å²) in [4.78, 5) is 7.74. The summed E-state index contributed by atoms with van der Waals surface area (Å²) in [6.07, 6.45) is 7.66. The fraction of sp³-hybridized carbons (Fsp3) is 0.750. The Morgan fingerprint density at radius 3 is 1.37 bits per heavy atom. The van der Waals surface area contributed by atoms with Gasteiger partial charge in [-0.25, -0.2) is 9.97 Å². The van der Waals surface area contributed by atoms with E-state index in [1.54, 1.807) is 18.5 Å². The van der Waals surface area contributed by atoms with Gasteiger partial charge in [-0.15, -0.1) is 0 Å². The molecule has 1 aliphatic rings. The van der Waals surface area contributed by atoms with Crippen LogP contribution in [0.15, 0.2) is 18.5 Å². The Morgan fingerprint density at radius 2 is 1.21 bits per heavy atom. The third kappa shape index (κ3) is 22.7. The van der Waals surface area contributed by atoms with Gasteiger partial charge in [-0.1, -0.05) is 48.0 Å². The number of hydrogen-bond acceptors (Lipinski definition) is 3. The van der Waals surface area contributed by atoms with E-state index in [1.807, 2.05) is 48.5 Å². The predicted molar refractivity (Wildman–Crippen MR) is 87.5 cm³/mol. The second-order valence-electron chi connectivity index (χ2n) is 3.11. The maximum Gasteiger partial charge on any atom is 0.125 e. The largest absolute Gasteiger partial charge is 0.317 e. The normalized spacial score (nSPS) is 11.7. The first-order valence-electron chi connectivity index (χ1n) is 7.84. The Morgan fingerprint density at radius 1 is 0.789 bits per heavy atom. The highest BCUT2D eigenvalue weighted by atomic mass is 14.9. The van der Waals surface area contributed by atoms with Crippen molar-refractivity contribution in [3.05, 3.63) is 24.3 Å². The number of rotatable bonds is 0. The van der Waals surface area contributed by atoms with Gasteiger partial charge in [0, 0.05) is 12.4 Å². The van der Waals surface area contributed by atoms with Crippen LogP contribution in [0.25, 0.3) is 0 Å². The Kier molecular flexibility index (Phi) is 31.4. The number of aromatic nitrogens is 2. The molecule has 0 atom stereocenters. The molecule has 3 heteroatoms. The van der Waals surface area contributed by atoms with Crippen molar-refractivity contribution in [1.82, 2.24) is 15.3 Å². The Hall–Kier alpha value is -0.960. The molecular weight excluding hydrogens is 234 g/mol. The van der Waals surface area contributed by atoms with Crippen molar-refractivity contribution in [2.75, 3.05) is 13.1 Å². The van der Waals surface area contributed by atoms with Crippen molar-refractivity contribution < 1.29 is 0 Å². The topological polar surface area (TPSA) is 37.8 Å². The number of nitrogens with zero attached hydrogens (tertiary/aromatic N) is 2. The van der Waals surface area contributed by atoms with Crippen LogP contribution in [-0.4, -0.2) is 23.1 Å². The van der Waals surface area contributed by atoms with Crippen LogP contribution in [0.5, 0.6) is 0 Å². The summed E-state index contributed by atoms with van der Waals surface area (Å²) in [6, 6.07) is 1.80. The van der Waals surface area contributed by atoms with E-state index in [0.717, 1.165) is 5.82 Å². The fourth-order valence-electron chi connectivity index (χ4n) is 1.18. The lowest BCUT2D eigenvalue weighted by Crippen LogP contribution is -2.21. The van der Waals surface area contributed by atoms with Gasteiger partial charge in [0.05, 0.1) is 0 Å². The third-order valence-corrected chi connectivity index (χ3v) is 1.90. The molecule has 1 aromatic rings. The van der Waals surface area contributed by atoms with Gasteiger partial charge >= 0.3 is 0 Å². The lowest BCUT2D eigenvalue weighted by atomic mass is 10.2. The standard InChI is InChI=1S/C5H6N2.C5H11N.3C2H6/c1-5-6-3-2-4-7-5;1-2-4-6-5-3-1;3*1-2/h2-4H,1H3;6H,1-5H2;3*1-2H3. The van der Waals surface area contributed by atoms with Gasteiger partial charge in [-0.3, -0.25) is 0 Å². The molecule has 1 fully saturated rings. The minimum Gasteiger partial charge on any atom is -0.317 e. The zero-order chi connectivity index (χ0) is 15.4. The maximum atomic E-state index is 3.87. The molecule has 3 nitrogen and oxygen atoms in total. The minimum absolute atomic E-state index is 0.822. The molecule has 0 radical (unpaired) electrons. The average molecular weight is 269 g/mol. The Bertz CT molecular complexity index is 197. The van der Waals surface area contributed by atoms with Crippen molar-refractivity contribution in [3.63, 3.8) is 0 Å². The van der Waals surface area contributed by atoms with E-state index in [0.29, 0.717) is 0 Å². The number of piperidine rings is 1. The number of nitrogens with one attached hydrogen (secondary N) is 1. The van der Waals surface area contributed by atoms with Crippen LogP contribution < -0.4 is 5.32 Å². The van der Waals surface area contributed by atoms with Crippen LogP contribution in [0.3, 0.4) is 0 Å². The van der Waals surface area contributed by atoms with E-state index in [-0.39, 0.29) is 0 Å². The highest BCUT2D eigenvalue weighted by Gasteiger charge is 1.93. The van der Waals surface area contributed by atoms with Crippen LogP contribution in [0.4, 0.5) is 0 Å². The highest BCUT2D eigenvalue weighted by Crippen LogP contribution is 1.96. The molecule has 1 saturated heterocycles. The van der Waals surface area contributed by atoms with Crippen molar-refractivity contribution in [1.29, 1.82) is 0 Å². The van der Waals surface area contributed by atoms with Crippen LogP contribution in [0.1, 0.15) is 66.6 Å². The van der Waals surface area contributed by atoms with E-state index in [4.69, 9.17) is 0 Å². The molecule has 114 valence electrons. The molecule has 2 rings (SSSR count). The summed E-state index contributed by atoms with van der Waals surface area (Å²) >= 11 is 0. The molecule has 0 spiro atoms. The quantitative estimate of drug-likeness (QED) is 0.746. The average Bonchev–Trinajstić information content (AvgIpc) is 2.56. The van der Waals surface area contributed by atoms with E-state index < -0.39 is 0 Å². The number of aryl methyl sites for hydroxylation is 1. The predicted octanol–water partition coefficient (Wildman–Crippen LogP) is 4.62. The summed E-state index contributed by atoms with van der Waals surface area (Å²) in [5, 5.41) is 3.28. The van der Waals surface area contributed by atoms with Crippen molar-refractivity contribution in [2.45, 2.75) is 67.7 Å². The molecule has 19 heavy (non-hydrogen) atoms. The van der Waals surface area contributed by atoms with Crippen LogP contribution in [0.2, 0.25) is 0 Å².